The second-order valence-electron chi connectivity index (χ2n) is 9.26. The molecule has 0 aliphatic carbocycles. The Morgan fingerprint density at radius 3 is 2.43 bits per heavy atom. The standard InChI is InChI=1S/C31H22FI2N3O4S/c1-3-40-30(39)26-17(2)36-31-37(27(26)21-8-10-22(32)11-9-21)29(38)25(42-31)14-20-12-23(33)28(24(34)13-20)41-16-19-6-4-18(15-35)5-7-19/h4-14,27H,3,16H2,1-2H3/b25-14-/t27-/m1/s1. The van der Waals surface area contributed by atoms with Crippen LogP contribution in [0.4, 0.5) is 4.39 Å². The summed E-state index contributed by atoms with van der Waals surface area (Å²) in [7, 11) is 0. The van der Waals surface area contributed by atoms with Crippen molar-refractivity contribution in [3.8, 4) is 11.8 Å². The average Bonchev–Trinajstić information content (AvgIpc) is 3.26. The molecule has 0 fully saturated rings. The largest absolute Gasteiger partial charge is 0.487 e. The summed E-state index contributed by atoms with van der Waals surface area (Å²) < 4.78 is 28.8. The number of hydrogen-bond donors (Lipinski definition) is 0. The van der Waals surface area contributed by atoms with Gasteiger partial charge < -0.3 is 9.47 Å². The predicted molar refractivity (Wildman–Crippen MR) is 174 cm³/mol. The average molecular weight is 805 g/mol. The van der Waals surface area contributed by atoms with E-state index in [0.717, 1.165) is 24.0 Å². The second kappa shape index (κ2) is 12.9. The van der Waals surface area contributed by atoms with Gasteiger partial charge in [0, 0.05) is 0 Å². The van der Waals surface area contributed by atoms with E-state index < -0.39 is 17.8 Å². The number of thiazole rings is 1. The van der Waals surface area contributed by atoms with Gasteiger partial charge in [0.15, 0.2) is 4.80 Å². The first-order chi connectivity index (χ1) is 20.2. The minimum Gasteiger partial charge on any atom is -0.487 e. The molecule has 0 amide bonds. The number of ether oxygens (including phenoxy) is 2. The van der Waals surface area contributed by atoms with Crippen molar-refractivity contribution in [3.63, 3.8) is 0 Å². The smallest absolute Gasteiger partial charge is 0.338 e. The van der Waals surface area contributed by atoms with Crippen LogP contribution in [-0.4, -0.2) is 17.1 Å². The van der Waals surface area contributed by atoms with E-state index in [4.69, 9.17) is 14.7 Å². The first-order valence-electron chi connectivity index (χ1n) is 12.8. The summed E-state index contributed by atoms with van der Waals surface area (Å²) in [6.07, 6.45) is 1.80. The van der Waals surface area contributed by atoms with E-state index in [2.05, 4.69) is 56.2 Å². The maximum atomic E-state index is 13.8. The number of benzene rings is 3. The summed E-state index contributed by atoms with van der Waals surface area (Å²) in [6, 6.07) is 18.1. The lowest BCUT2D eigenvalue weighted by molar-refractivity contribution is -0.139. The molecule has 5 rings (SSSR count). The van der Waals surface area contributed by atoms with Crippen molar-refractivity contribution in [2.24, 2.45) is 4.99 Å². The van der Waals surface area contributed by atoms with Gasteiger partial charge >= 0.3 is 5.97 Å². The summed E-state index contributed by atoms with van der Waals surface area (Å²) in [5.74, 6) is -0.258. The zero-order valence-electron chi connectivity index (χ0n) is 22.4. The Bertz CT molecular complexity index is 1920. The molecule has 1 aliphatic rings. The fraction of sp³-hybridized carbons (Fsp3) is 0.161. The first-order valence-corrected chi connectivity index (χ1v) is 15.7. The molecule has 3 aromatic carbocycles. The minimum atomic E-state index is -0.804. The highest BCUT2D eigenvalue weighted by atomic mass is 127. The summed E-state index contributed by atoms with van der Waals surface area (Å²) in [5.41, 5.74) is 3.30. The monoisotopic (exact) mass is 805 g/mol. The molecule has 2 heterocycles. The van der Waals surface area contributed by atoms with Gasteiger partial charge in [0.2, 0.25) is 0 Å². The molecule has 42 heavy (non-hydrogen) atoms. The van der Waals surface area contributed by atoms with Gasteiger partial charge in [-0.15, -0.1) is 0 Å². The minimum absolute atomic E-state index is 0.167. The van der Waals surface area contributed by atoms with Gasteiger partial charge in [0.25, 0.3) is 5.56 Å². The van der Waals surface area contributed by atoms with E-state index in [-0.39, 0.29) is 17.7 Å². The van der Waals surface area contributed by atoms with Crippen molar-refractivity contribution in [2.45, 2.75) is 26.5 Å². The number of nitrogens with zero attached hydrogens (tertiary/aromatic N) is 3. The Morgan fingerprint density at radius 2 is 1.81 bits per heavy atom. The highest BCUT2D eigenvalue weighted by molar-refractivity contribution is 14.1. The van der Waals surface area contributed by atoms with Crippen LogP contribution in [0.3, 0.4) is 0 Å². The fourth-order valence-corrected chi connectivity index (χ4v) is 7.71. The zero-order chi connectivity index (χ0) is 30.0. The molecular weight excluding hydrogens is 783 g/mol. The van der Waals surface area contributed by atoms with E-state index in [1.54, 1.807) is 44.2 Å². The van der Waals surface area contributed by atoms with Crippen molar-refractivity contribution in [2.75, 3.05) is 6.61 Å². The van der Waals surface area contributed by atoms with Crippen molar-refractivity contribution in [3.05, 3.63) is 127 Å². The summed E-state index contributed by atoms with van der Waals surface area (Å²) in [5, 5.41) is 9.00. The molecule has 0 saturated carbocycles. The molecule has 0 spiro atoms. The molecule has 4 aromatic rings. The van der Waals surface area contributed by atoms with Crippen molar-refractivity contribution >= 4 is 68.6 Å². The summed E-state index contributed by atoms with van der Waals surface area (Å²) >= 11 is 5.64. The number of carbonyl (C=O) groups excluding carboxylic acids is 1. The molecule has 1 atom stereocenters. The summed E-state index contributed by atoms with van der Waals surface area (Å²) in [6.45, 7) is 3.94. The molecule has 7 nitrogen and oxygen atoms in total. The van der Waals surface area contributed by atoms with E-state index in [0.29, 0.717) is 32.8 Å². The van der Waals surface area contributed by atoms with Gasteiger partial charge in [-0.3, -0.25) is 9.36 Å². The zero-order valence-corrected chi connectivity index (χ0v) is 27.5. The number of aromatic nitrogens is 1. The normalized spacial score (nSPS) is 14.7. The van der Waals surface area contributed by atoms with Crippen molar-refractivity contribution < 1.29 is 18.7 Å². The molecule has 0 bridgehead atoms. The van der Waals surface area contributed by atoms with Gasteiger partial charge in [-0.25, -0.2) is 14.2 Å². The fourth-order valence-electron chi connectivity index (χ4n) is 4.54. The molecule has 1 aromatic heterocycles. The Labute approximate surface area is 271 Å². The maximum absolute atomic E-state index is 13.8. The lowest BCUT2D eigenvalue weighted by Crippen LogP contribution is -2.39. The SMILES string of the molecule is CCOC(=O)C1=C(C)N=c2s/c(=C\c3cc(I)c(OCc4ccc(C#N)cc4)c(I)c3)c(=O)n2[C@@H]1c1ccc(F)cc1. The molecule has 0 N–H and O–H groups in total. The van der Waals surface area contributed by atoms with Crippen LogP contribution in [0.5, 0.6) is 5.75 Å². The Hall–Kier alpha value is -3.35. The molecule has 212 valence electrons. The van der Waals surface area contributed by atoms with Crippen molar-refractivity contribution in [1.82, 2.24) is 4.57 Å². The third kappa shape index (κ3) is 6.20. The third-order valence-corrected chi connectivity index (χ3v) is 9.07. The summed E-state index contributed by atoms with van der Waals surface area (Å²) in [4.78, 5) is 31.9. The van der Waals surface area contributed by atoms with Crippen LogP contribution in [0.25, 0.3) is 6.08 Å². The number of allylic oxidation sites excluding steroid dienone is 1. The molecule has 0 unspecified atom stereocenters. The van der Waals surface area contributed by atoms with E-state index in [1.807, 2.05) is 24.3 Å². The highest BCUT2D eigenvalue weighted by Gasteiger charge is 2.33. The Kier molecular flexibility index (Phi) is 9.24. The number of hydrogen-bond acceptors (Lipinski definition) is 7. The number of halogens is 3. The molecule has 11 heteroatoms. The molecule has 1 aliphatic heterocycles. The van der Waals surface area contributed by atoms with Crippen molar-refractivity contribution in [1.29, 1.82) is 5.26 Å². The Balaban J connectivity index is 1.53. The third-order valence-electron chi connectivity index (χ3n) is 6.49. The molecule has 0 radical (unpaired) electrons. The lowest BCUT2D eigenvalue weighted by atomic mass is 9.96. The van der Waals surface area contributed by atoms with Crippen LogP contribution >= 0.6 is 56.5 Å². The Morgan fingerprint density at radius 1 is 1.14 bits per heavy atom. The predicted octanol–water partition coefficient (Wildman–Crippen LogP) is 5.60. The van der Waals surface area contributed by atoms with Gasteiger partial charge in [0.1, 0.15) is 18.2 Å². The van der Waals surface area contributed by atoms with Gasteiger partial charge in [-0.2, -0.15) is 5.26 Å². The van der Waals surface area contributed by atoms with Gasteiger partial charge in [-0.05, 0) is 118 Å². The number of rotatable bonds is 7. The highest BCUT2D eigenvalue weighted by Crippen LogP contribution is 2.32. The van der Waals surface area contributed by atoms with E-state index in [1.165, 1.54) is 28.0 Å². The van der Waals surface area contributed by atoms with Gasteiger partial charge in [-0.1, -0.05) is 35.6 Å². The van der Waals surface area contributed by atoms with E-state index >= 15 is 0 Å². The van der Waals surface area contributed by atoms with Crippen LogP contribution < -0.4 is 19.6 Å². The number of esters is 1. The van der Waals surface area contributed by atoms with Crippen LogP contribution in [-0.2, 0) is 16.1 Å². The van der Waals surface area contributed by atoms with Crippen LogP contribution in [0, 0.1) is 24.3 Å². The maximum Gasteiger partial charge on any atom is 0.338 e. The van der Waals surface area contributed by atoms with Gasteiger partial charge in [0.05, 0.1) is 47.2 Å². The van der Waals surface area contributed by atoms with Crippen LogP contribution in [0.15, 0.2) is 81.7 Å². The topological polar surface area (TPSA) is 93.7 Å². The van der Waals surface area contributed by atoms with Crippen LogP contribution in [0.1, 0.15) is 42.1 Å². The number of fused-ring (bicyclic) bond motifs is 1. The molecule has 0 saturated heterocycles. The number of carbonyl (C=O) groups is 1. The second-order valence-corrected chi connectivity index (χ2v) is 12.6. The number of nitriles is 1. The van der Waals surface area contributed by atoms with Crippen LogP contribution in [0.2, 0.25) is 0 Å². The first kappa shape index (κ1) is 30.1. The lowest BCUT2D eigenvalue weighted by Gasteiger charge is -2.24. The van der Waals surface area contributed by atoms with E-state index in [9.17, 15) is 14.0 Å². The molecular formula is C31H22FI2N3O4S. The quantitative estimate of drug-likeness (QED) is 0.179.